The number of aromatic nitrogens is 1. The van der Waals surface area contributed by atoms with Gasteiger partial charge in [0.15, 0.2) is 5.78 Å². The number of esters is 1. The fourth-order valence-corrected chi connectivity index (χ4v) is 2.97. The molecular formula is C19H24N2O5. The lowest BCUT2D eigenvalue weighted by Crippen LogP contribution is -2.41. The summed E-state index contributed by atoms with van der Waals surface area (Å²) in [6.07, 6.45) is 1.52. The van der Waals surface area contributed by atoms with E-state index in [4.69, 9.17) is 9.15 Å². The second kappa shape index (κ2) is 8.03. The van der Waals surface area contributed by atoms with Gasteiger partial charge in [0.1, 0.15) is 11.5 Å². The van der Waals surface area contributed by atoms with E-state index in [1.54, 1.807) is 39.8 Å². The number of aromatic amines is 1. The minimum atomic E-state index is -0.708. The van der Waals surface area contributed by atoms with Crippen LogP contribution in [0.15, 0.2) is 22.8 Å². The molecule has 0 spiro atoms. The maximum atomic E-state index is 13.1. The molecule has 0 bridgehead atoms. The number of hydrogen-bond acceptors (Lipinski definition) is 5. The molecule has 2 heterocycles. The lowest BCUT2D eigenvalue weighted by atomic mass is 9.99. The number of amides is 1. The molecule has 7 nitrogen and oxygen atoms in total. The molecule has 2 aromatic rings. The van der Waals surface area contributed by atoms with Crippen molar-refractivity contribution >= 4 is 17.7 Å². The third-order valence-electron chi connectivity index (χ3n) is 4.32. The normalized spacial score (nSPS) is 11.9. The Kier molecular flexibility index (Phi) is 6.02. The van der Waals surface area contributed by atoms with Crippen molar-refractivity contribution in [2.45, 2.75) is 47.2 Å². The molecule has 0 aliphatic heterocycles. The summed E-state index contributed by atoms with van der Waals surface area (Å²) in [7, 11) is 0. The number of ketones is 1. The number of hydrogen-bond donors (Lipinski definition) is 1. The van der Waals surface area contributed by atoms with Crippen LogP contribution in [0.2, 0.25) is 0 Å². The second-order valence-electron chi connectivity index (χ2n) is 6.11. The van der Waals surface area contributed by atoms with Crippen LogP contribution in [0, 0.1) is 13.8 Å². The molecule has 0 fully saturated rings. The van der Waals surface area contributed by atoms with Crippen LogP contribution in [0.3, 0.4) is 0 Å². The summed E-state index contributed by atoms with van der Waals surface area (Å²) in [4.78, 5) is 41.5. The first-order chi connectivity index (χ1) is 12.3. The van der Waals surface area contributed by atoms with Crippen molar-refractivity contribution < 1.29 is 23.5 Å². The maximum absolute atomic E-state index is 13.1. The van der Waals surface area contributed by atoms with E-state index in [1.165, 1.54) is 18.1 Å². The van der Waals surface area contributed by atoms with Crippen LogP contribution >= 0.6 is 0 Å². The van der Waals surface area contributed by atoms with Gasteiger partial charge in [-0.05, 0) is 45.4 Å². The summed E-state index contributed by atoms with van der Waals surface area (Å²) in [5, 5.41) is 0. The summed E-state index contributed by atoms with van der Waals surface area (Å²) in [6.45, 7) is 8.66. The standard InChI is InChI=1S/C19H24N2O5/c1-6-25-19(24)17-11(2)16(12(3)20-17)18(23)13(4)21(14(5)22)10-15-8-7-9-26-15/h7-9,13,20H,6,10H2,1-5H3/t13-/m1/s1. The Labute approximate surface area is 152 Å². The molecule has 7 heteroatoms. The molecule has 140 valence electrons. The van der Waals surface area contributed by atoms with Crippen LogP contribution in [-0.4, -0.2) is 40.2 Å². The van der Waals surface area contributed by atoms with Gasteiger partial charge in [0.25, 0.3) is 0 Å². The van der Waals surface area contributed by atoms with Crippen LogP contribution in [0.4, 0.5) is 0 Å². The van der Waals surface area contributed by atoms with Gasteiger partial charge in [0.05, 0.1) is 25.5 Å². The first-order valence-corrected chi connectivity index (χ1v) is 8.48. The summed E-state index contributed by atoms with van der Waals surface area (Å²) in [6, 6.07) is 2.77. The largest absolute Gasteiger partial charge is 0.467 e. The quantitative estimate of drug-likeness (QED) is 0.605. The molecule has 0 aliphatic rings. The Morgan fingerprint density at radius 2 is 2.00 bits per heavy atom. The number of carbonyl (C=O) groups excluding carboxylic acids is 3. The topological polar surface area (TPSA) is 92.6 Å². The zero-order valence-corrected chi connectivity index (χ0v) is 15.7. The highest BCUT2D eigenvalue weighted by Gasteiger charge is 2.30. The van der Waals surface area contributed by atoms with E-state index in [2.05, 4.69) is 4.98 Å². The molecule has 0 aromatic carbocycles. The van der Waals surface area contributed by atoms with Crippen molar-refractivity contribution in [3.63, 3.8) is 0 Å². The number of carbonyl (C=O) groups is 3. The lowest BCUT2D eigenvalue weighted by Gasteiger charge is -2.26. The summed E-state index contributed by atoms with van der Waals surface area (Å²) in [5.74, 6) is -0.388. The van der Waals surface area contributed by atoms with Gasteiger partial charge in [0, 0.05) is 18.2 Å². The number of Topliss-reactive ketones (excluding diaryl/α,β-unsaturated/α-hetero) is 1. The van der Waals surface area contributed by atoms with Crippen molar-refractivity contribution in [1.29, 1.82) is 0 Å². The third-order valence-corrected chi connectivity index (χ3v) is 4.32. The Balaban J connectivity index is 2.31. The molecule has 0 saturated carbocycles. The molecule has 26 heavy (non-hydrogen) atoms. The van der Waals surface area contributed by atoms with Gasteiger partial charge in [0.2, 0.25) is 5.91 Å². The number of H-pyrrole nitrogens is 1. The number of aryl methyl sites for hydroxylation is 1. The van der Waals surface area contributed by atoms with E-state index in [0.717, 1.165) is 0 Å². The minimum Gasteiger partial charge on any atom is -0.467 e. The summed E-state index contributed by atoms with van der Waals surface area (Å²) in [5.41, 5.74) is 1.77. The van der Waals surface area contributed by atoms with E-state index in [-0.39, 0.29) is 30.5 Å². The van der Waals surface area contributed by atoms with Gasteiger partial charge in [-0.15, -0.1) is 0 Å². The Morgan fingerprint density at radius 1 is 1.31 bits per heavy atom. The Bertz CT molecular complexity index is 804. The fourth-order valence-electron chi connectivity index (χ4n) is 2.97. The minimum absolute atomic E-state index is 0.197. The van der Waals surface area contributed by atoms with Crippen molar-refractivity contribution in [2.24, 2.45) is 0 Å². The van der Waals surface area contributed by atoms with Crippen molar-refractivity contribution in [1.82, 2.24) is 9.88 Å². The number of nitrogens with one attached hydrogen (secondary N) is 1. The SMILES string of the molecule is CCOC(=O)c1[nH]c(C)c(C(=O)[C@@H](C)N(Cc2ccco2)C(C)=O)c1C. The van der Waals surface area contributed by atoms with Gasteiger partial charge in [-0.25, -0.2) is 4.79 Å². The summed E-state index contributed by atoms with van der Waals surface area (Å²) >= 11 is 0. The zero-order valence-electron chi connectivity index (χ0n) is 15.7. The van der Waals surface area contributed by atoms with Crippen molar-refractivity contribution in [3.8, 4) is 0 Å². The van der Waals surface area contributed by atoms with E-state index in [9.17, 15) is 14.4 Å². The predicted octanol–water partition coefficient (Wildman–Crippen LogP) is 3.02. The van der Waals surface area contributed by atoms with Gasteiger partial charge in [-0.3, -0.25) is 9.59 Å². The highest BCUT2D eigenvalue weighted by molar-refractivity contribution is 6.06. The second-order valence-corrected chi connectivity index (χ2v) is 6.11. The van der Waals surface area contributed by atoms with Gasteiger partial charge in [-0.2, -0.15) is 0 Å². The predicted molar refractivity (Wildman–Crippen MR) is 94.9 cm³/mol. The van der Waals surface area contributed by atoms with Crippen molar-refractivity contribution in [2.75, 3.05) is 6.61 Å². The first kappa shape index (κ1) is 19.5. The molecule has 0 unspecified atom stereocenters. The number of ether oxygens (including phenoxy) is 1. The number of rotatable bonds is 7. The molecule has 2 aromatic heterocycles. The highest BCUT2D eigenvalue weighted by Crippen LogP contribution is 2.23. The fraction of sp³-hybridized carbons (Fsp3) is 0.421. The molecule has 0 saturated heterocycles. The molecule has 2 rings (SSSR count). The lowest BCUT2D eigenvalue weighted by molar-refractivity contribution is -0.131. The van der Waals surface area contributed by atoms with Crippen molar-refractivity contribution in [3.05, 3.63) is 46.7 Å². The zero-order chi connectivity index (χ0) is 19.4. The van der Waals surface area contributed by atoms with Crippen LogP contribution in [-0.2, 0) is 16.1 Å². The van der Waals surface area contributed by atoms with Crippen LogP contribution < -0.4 is 0 Å². The van der Waals surface area contributed by atoms with Gasteiger partial charge in [-0.1, -0.05) is 0 Å². The van der Waals surface area contributed by atoms with Crippen LogP contribution in [0.1, 0.15) is 58.6 Å². The molecular weight excluding hydrogens is 336 g/mol. The van der Waals surface area contributed by atoms with Crippen LogP contribution in [0.25, 0.3) is 0 Å². The number of furan rings is 1. The average Bonchev–Trinajstić information content (AvgIpc) is 3.19. The maximum Gasteiger partial charge on any atom is 0.355 e. The number of nitrogens with zero attached hydrogens (tertiary/aromatic N) is 1. The Hall–Kier alpha value is -2.83. The summed E-state index contributed by atoms with van der Waals surface area (Å²) < 4.78 is 10.3. The molecule has 0 radical (unpaired) electrons. The van der Waals surface area contributed by atoms with Gasteiger partial charge < -0.3 is 19.0 Å². The molecule has 1 atom stereocenters. The third kappa shape index (κ3) is 3.87. The molecule has 1 N–H and O–H groups in total. The van der Waals surface area contributed by atoms with E-state index in [1.807, 2.05) is 0 Å². The average molecular weight is 360 g/mol. The van der Waals surface area contributed by atoms with Crippen LogP contribution in [0.5, 0.6) is 0 Å². The highest BCUT2D eigenvalue weighted by atomic mass is 16.5. The first-order valence-electron chi connectivity index (χ1n) is 8.48. The van der Waals surface area contributed by atoms with Gasteiger partial charge >= 0.3 is 5.97 Å². The smallest absolute Gasteiger partial charge is 0.355 e. The monoisotopic (exact) mass is 360 g/mol. The molecule has 1 amide bonds. The van der Waals surface area contributed by atoms with E-state index in [0.29, 0.717) is 22.6 Å². The Morgan fingerprint density at radius 3 is 2.54 bits per heavy atom. The van der Waals surface area contributed by atoms with E-state index >= 15 is 0 Å². The van der Waals surface area contributed by atoms with E-state index < -0.39 is 12.0 Å². The molecule has 0 aliphatic carbocycles.